The van der Waals surface area contributed by atoms with Crippen molar-refractivity contribution in [2.45, 2.75) is 6.92 Å². The van der Waals surface area contributed by atoms with Crippen LogP contribution in [0.25, 0.3) is 0 Å². The van der Waals surface area contributed by atoms with Crippen LogP contribution in [-0.4, -0.2) is 17.9 Å². The number of ether oxygens (including phenoxy) is 1. The Morgan fingerprint density at radius 2 is 2.00 bits per heavy atom. The van der Waals surface area contributed by atoms with Gasteiger partial charge in [0.1, 0.15) is 0 Å². The standard InChI is InChI=1S/C15H14Cl2N2O2/c1-2-21-15-7-10(3-6-14(15)20)9-18-19-11-4-5-12(16)13(17)8-11/h3-9,19-20H,2H2,1H3. The molecule has 0 atom stereocenters. The van der Waals surface area contributed by atoms with E-state index in [4.69, 9.17) is 27.9 Å². The summed E-state index contributed by atoms with van der Waals surface area (Å²) < 4.78 is 5.31. The molecule has 0 bridgehead atoms. The first-order valence-electron chi connectivity index (χ1n) is 6.30. The van der Waals surface area contributed by atoms with Crippen LogP contribution in [0.3, 0.4) is 0 Å². The summed E-state index contributed by atoms with van der Waals surface area (Å²) in [6, 6.07) is 10.1. The monoisotopic (exact) mass is 324 g/mol. The number of aromatic hydroxyl groups is 1. The molecule has 2 aromatic carbocycles. The second-order valence-corrected chi connectivity index (χ2v) is 4.97. The molecule has 2 aromatic rings. The van der Waals surface area contributed by atoms with Crippen LogP contribution in [0.4, 0.5) is 5.69 Å². The fourth-order valence-electron chi connectivity index (χ4n) is 1.63. The van der Waals surface area contributed by atoms with Gasteiger partial charge >= 0.3 is 0 Å². The van der Waals surface area contributed by atoms with Crippen LogP contribution in [0.15, 0.2) is 41.5 Å². The zero-order valence-corrected chi connectivity index (χ0v) is 12.8. The van der Waals surface area contributed by atoms with Crippen molar-refractivity contribution >= 4 is 35.1 Å². The van der Waals surface area contributed by atoms with Crippen molar-refractivity contribution in [2.24, 2.45) is 5.10 Å². The fourth-order valence-corrected chi connectivity index (χ4v) is 1.93. The average molecular weight is 325 g/mol. The van der Waals surface area contributed by atoms with Crippen LogP contribution in [0.1, 0.15) is 12.5 Å². The number of hydrogen-bond acceptors (Lipinski definition) is 4. The van der Waals surface area contributed by atoms with Crippen LogP contribution in [0.5, 0.6) is 11.5 Å². The SMILES string of the molecule is CCOc1cc(C=NNc2ccc(Cl)c(Cl)c2)ccc1O. The molecule has 4 nitrogen and oxygen atoms in total. The van der Waals surface area contributed by atoms with Gasteiger partial charge in [0.05, 0.1) is 28.6 Å². The summed E-state index contributed by atoms with van der Waals surface area (Å²) in [7, 11) is 0. The molecule has 0 heterocycles. The summed E-state index contributed by atoms with van der Waals surface area (Å²) in [6.45, 7) is 2.34. The predicted molar refractivity (Wildman–Crippen MR) is 87.0 cm³/mol. The minimum atomic E-state index is 0.103. The molecular weight excluding hydrogens is 311 g/mol. The van der Waals surface area contributed by atoms with Gasteiger partial charge in [-0.3, -0.25) is 5.43 Å². The lowest BCUT2D eigenvalue weighted by Gasteiger charge is -2.06. The summed E-state index contributed by atoms with van der Waals surface area (Å²) in [6.07, 6.45) is 1.62. The molecule has 0 fully saturated rings. The number of phenolic OH excluding ortho intramolecular Hbond substituents is 1. The van der Waals surface area contributed by atoms with Gasteiger partial charge in [0.15, 0.2) is 11.5 Å². The minimum absolute atomic E-state index is 0.103. The Labute approximate surface area is 133 Å². The molecule has 2 N–H and O–H groups in total. The minimum Gasteiger partial charge on any atom is -0.504 e. The maximum Gasteiger partial charge on any atom is 0.161 e. The van der Waals surface area contributed by atoms with Crippen molar-refractivity contribution in [1.29, 1.82) is 0 Å². The number of rotatable bonds is 5. The third kappa shape index (κ3) is 4.28. The van der Waals surface area contributed by atoms with Crippen LogP contribution < -0.4 is 10.2 Å². The molecule has 6 heteroatoms. The molecule has 0 saturated carbocycles. The molecule has 0 aliphatic rings. The molecule has 0 aliphatic carbocycles. The number of halogens is 2. The Morgan fingerprint density at radius 3 is 2.71 bits per heavy atom. The summed E-state index contributed by atoms with van der Waals surface area (Å²) in [5.41, 5.74) is 4.37. The van der Waals surface area contributed by atoms with Gasteiger partial charge in [-0.2, -0.15) is 5.10 Å². The van der Waals surface area contributed by atoms with Crippen molar-refractivity contribution in [3.05, 3.63) is 52.0 Å². The van der Waals surface area contributed by atoms with E-state index in [0.717, 1.165) is 11.3 Å². The first kappa shape index (κ1) is 15.5. The first-order chi connectivity index (χ1) is 10.1. The smallest absolute Gasteiger partial charge is 0.161 e. The fraction of sp³-hybridized carbons (Fsp3) is 0.133. The molecule has 0 saturated heterocycles. The van der Waals surface area contributed by atoms with E-state index in [0.29, 0.717) is 22.4 Å². The van der Waals surface area contributed by atoms with Gasteiger partial charge in [-0.25, -0.2) is 0 Å². The lowest BCUT2D eigenvalue weighted by atomic mass is 10.2. The quantitative estimate of drug-likeness (QED) is 0.627. The number of hydrogen-bond donors (Lipinski definition) is 2. The van der Waals surface area contributed by atoms with Crippen molar-refractivity contribution in [3.8, 4) is 11.5 Å². The summed E-state index contributed by atoms with van der Waals surface area (Å²) in [5, 5.41) is 14.7. The van der Waals surface area contributed by atoms with Gasteiger partial charge in [-0.15, -0.1) is 0 Å². The maximum absolute atomic E-state index is 9.61. The van der Waals surface area contributed by atoms with Crippen LogP contribution in [0.2, 0.25) is 10.0 Å². The lowest BCUT2D eigenvalue weighted by Crippen LogP contribution is -1.94. The topological polar surface area (TPSA) is 53.8 Å². The molecule has 0 aliphatic heterocycles. The Balaban J connectivity index is 2.07. The second-order valence-electron chi connectivity index (χ2n) is 4.16. The van der Waals surface area contributed by atoms with E-state index in [-0.39, 0.29) is 5.75 Å². The van der Waals surface area contributed by atoms with Crippen LogP contribution >= 0.6 is 23.2 Å². The van der Waals surface area contributed by atoms with E-state index in [1.807, 2.05) is 6.92 Å². The van der Waals surface area contributed by atoms with E-state index >= 15 is 0 Å². The normalized spacial score (nSPS) is 10.8. The van der Waals surface area contributed by atoms with Gasteiger partial charge < -0.3 is 9.84 Å². The zero-order valence-electron chi connectivity index (χ0n) is 11.3. The van der Waals surface area contributed by atoms with Crippen molar-refractivity contribution in [3.63, 3.8) is 0 Å². The number of phenols is 1. The van der Waals surface area contributed by atoms with E-state index < -0.39 is 0 Å². The largest absolute Gasteiger partial charge is 0.504 e. The molecule has 0 spiro atoms. The van der Waals surface area contributed by atoms with Crippen LogP contribution in [-0.2, 0) is 0 Å². The Bertz CT molecular complexity index is 660. The van der Waals surface area contributed by atoms with E-state index in [1.165, 1.54) is 0 Å². The maximum atomic E-state index is 9.61. The second kappa shape index (κ2) is 7.20. The number of hydrazone groups is 1. The van der Waals surface area contributed by atoms with E-state index in [9.17, 15) is 5.11 Å². The van der Waals surface area contributed by atoms with Gasteiger partial charge in [0.2, 0.25) is 0 Å². The van der Waals surface area contributed by atoms with Crippen molar-refractivity contribution < 1.29 is 9.84 Å². The Kier molecular flexibility index (Phi) is 5.31. The summed E-state index contributed by atoms with van der Waals surface area (Å²) in [4.78, 5) is 0. The molecule has 21 heavy (non-hydrogen) atoms. The van der Waals surface area contributed by atoms with E-state index in [1.54, 1.807) is 42.6 Å². The van der Waals surface area contributed by atoms with E-state index in [2.05, 4.69) is 10.5 Å². The molecule has 0 amide bonds. The Morgan fingerprint density at radius 1 is 1.19 bits per heavy atom. The number of nitrogens with one attached hydrogen (secondary N) is 1. The zero-order chi connectivity index (χ0) is 15.2. The third-order valence-electron chi connectivity index (χ3n) is 2.61. The number of benzene rings is 2. The van der Waals surface area contributed by atoms with Gasteiger partial charge in [0, 0.05) is 0 Å². The average Bonchev–Trinajstić information content (AvgIpc) is 2.46. The summed E-state index contributed by atoms with van der Waals surface area (Å²) in [5.74, 6) is 0.530. The number of nitrogens with zero attached hydrogens (tertiary/aromatic N) is 1. The molecule has 0 aromatic heterocycles. The van der Waals surface area contributed by atoms with Crippen molar-refractivity contribution in [1.82, 2.24) is 0 Å². The molecular formula is C15H14Cl2N2O2. The highest BCUT2D eigenvalue weighted by molar-refractivity contribution is 6.42. The van der Waals surface area contributed by atoms with Gasteiger partial charge in [-0.1, -0.05) is 23.2 Å². The highest BCUT2D eigenvalue weighted by atomic mass is 35.5. The van der Waals surface area contributed by atoms with Gasteiger partial charge in [-0.05, 0) is 48.9 Å². The summed E-state index contributed by atoms with van der Waals surface area (Å²) >= 11 is 11.8. The Hall–Kier alpha value is -1.91. The molecule has 0 unspecified atom stereocenters. The molecule has 0 radical (unpaired) electrons. The number of anilines is 1. The van der Waals surface area contributed by atoms with Crippen molar-refractivity contribution in [2.75, 3.05) is 12.0 Å². The third-order valence-corrected chi connectivity index (χ3v) is 3.35. The predicted octanol–water partition coefficient (Wildman–Crippen LogP) is 4.54. The first-order valence-corrected chi connectivity index (χ1v) is 7.05. The van der Waals surface area contributed by atoms with Crippen LogP contribution in [0, 0.1) is 0 Å². The highest BCUT2D eigenvalue weighted by Gasteiger charge is 2.02. The molecule has 2 rings (SSSR count). The lowest BCUT2D eigenvalue weighted by molar-refractivity contribution is 0.318. The molecule has 110 valence electrons. The highest BCUT2D eigenvalue weighted by Crippen LogP contribution is 2.26. The van der Waals surface area contributed by atoms with Gasteiger partial charge in [0.25, 0.3) is 0 Å².